The molecule has 28 heavy (non-hydrogen) atoms. The summed E-state index contributed by atoms with van der Waals surface area (Å²) in [4.78, 5) is 21.5. The van der Waals surface area contributed by atoms with Crippen LogP contribution in [0.5, 0.6) is 5.88 Å². The monoisotopic (exact) mass is 373 g/mol. The van der Waals surface area contributed by atoms with Crippen LogP contribution >= 0.6 is 0 Å². The zero-order chi connectivity index (χ0) is 19.7. The number of aromatic hydroxyl groups is 1. The number of benzene rings is 2. The number of aromatic nitrogens is 2. The molecule has 0 aliphatic carbocycles. The van der Waals surface area contributed by atoms with Gasteiger partial charge in [0.05, 0.1) is 11.3 Å². The summed E-state index contributed by atoms with van der Waals surface area (Å²) < 4.78 is 14.5. The van der Waals surface area contributed by atoms with Crippen LogP contribution in [0.3, 0.4) is 0 Å². The lowest BCUT2D eigenvalue weighted by Gasteiger charge is -2.12. The van der Waals surface area contributed by atoms with E-state index in [0.29, 0.717) is 33.4 Å². The van der Waals surface area contributed by atoms with E-state index in [0.717, 1.165) is 4.57 Å². The van der Waals surface area contributed by atoms with E-state index in [1.54, 1.807) is 61.7 Å². The predicted molar refractivity (Wildman–Crippen MR) is 107 cm³/mol. The maximum atomic E-state index is 13.3. The van der Waals surface area contributed by atoms with Gasteiger partial charge >= 0.3 is 0 Å². The average Bonchev–Trinajstić information content (AvgIpc) is 2.70. The number of rotatable bonds is 3. The van der Waals surface area contributed by atoms with Crippen LogP contribution in [0.25, 0.3) is 16.6 Å². The van der Waals surface area contributed by atoms with E-state index in [4.69, 9.17) is 0 Å². The van der Waals surface area contributed by atoms with Gasteiger partial charge in [-0.25, -0.2) is 13.9 Å². The lowest BCUT2D eigenvalue weighted by atomic mass is 10.1. The fraction of sp³-hybridized carbons (Fsp3) is 0.0455. The Labute approximate surface area is 160 Å². The SMILES string of the molecule is Cc1cc(F)ccc1N=Cc1c(O)n(-c2ccccn2)c(=O)c2ccccc12. The van der Waals surface area contributed by atoms with Crippen LogP contribution < -0.4 is 5.56 Å². The molecule has 6 heteroatoms. The first-order valence-electron chi connectivity index (χ1n) is 8.64. The van der Waals surface area contributed by atoms with Crippen molar-refractivity contribution >= 4 is 22.7 Å². The van der Waals surface area contributed by atoms with Crippen molar-refractivity contribution in [3.63, 3.8) is 0 Å². The maximum absolute atomic E-state index is 13.3. The Morgan fingerprint density at radius 3 is 2.54 bits per heavy atom. The van der Waals surface area contributed by atoms with Gasteiger partial charge in [-0.1, -0.05) is 24.3 Å². The summed E-state index contributed by atoms with van der Waals surface area (Å²) in [5.41, 5.74) is 1.24. The van der Waals surface area contributed by atoms with Gasteiger partial charge in [0.1, 0.15) is 11.6 Å². The molecule has 0 saturated carbocycles. The molecular weight excluding hydrogens is 357 g/mol. The normalized spacial score (nSPS) is 11.4. The largest absolute Gasteiger partial charge is 0.494 e. The van der Waals surface area contributed by atoms with Crippen LogP contribution in [0.4, 0.5) is 10.1 Å². The minimum absolute atomic E-state index is 0.258. The Kier molecular flexibility index (Phi) is 4.45. The molecule has 0 amide bonds. The lowest BCUT2D eigenvalue weighted by Crippen LogP contribution is -2.20. The molecule has 0 unspecified atom stereocenters. The van der Waals surface area contributed by atoms with Crippen LogP contribution in [-0.2, 0) is 0 Å². The Hall–Kier alpha value is -3.80. The number of halogens is 1. The van der Waals surface area contributed by atoms with Crippen molar-refractivity contribution in [3.8, 4) is 11.7 Å². The van der Waals surface area contributed by atoms with E-state index in [1.807, 2.05) is 0 Å². The highest BCUT2D eigenvalue weighted by Crippen LogP contribution is 2.26. The van der Waals surface area contributed by atoms with Crippen molar-refractivity contribution in [1.82, 2.24) is 9.55 Å². The first-order valence-corrected chi connectivity index (χ1v) is 8.64. The third-order valence-corrected chi connectivity index (χ3v) is 4.47. The number of fused-ring (bicyclic) bond motifs is 1. The molecule has 138 valence electrons. The lowest BCUT2D eigenvalue weighted by molar-refractivity contribution is 0.435. The summed E-state index contributed by atoms with van der Waals surface area (Å²) in [6, 6.07) is 16.4. The Morgan fingerprint density at radius 2 is 1.82 bits per heavy atom. The Bertz CT molecular complexity index is 1260. The van der Waals surface area contributed by atoms with Crippen molar-refractivity contribution < 1.29 is 9.50 Å². The number of nitrogens with zero attached hydrogens (tertiary/aromatic N) is 3. The standard InChI is InChI=1S/C22H16FN3O2/c1-14-12-15(23)9-10-19(14)25-13-18-16-6-2-3-7-17(16)21(27)26(22(18)28)20-8-4-5-11-24-20/h2-13,28H,1H3. The van der Waals surface area contributed by atoms with E-state index < -0.39 is 0 Å². The summed E-state index contributed by atoms with van der Waals surface area (Å²) in [6.07, 6.45) is 3.03. The van der Waals surface area contributed by atoms with Gasteiger partial charge in [0.25, 0.3) is 5.56 Å². The van der Waals surface area contributed by atoms with Crippen LogP contribution in [-0.4, -0.2) is 20.9 Å². The molecule has 1 N–H and O–H groups in total. The fourth-order valence-corrected chi connectivity index (χ4v) is 3.09. The molecule has 0 bridgehead atoms. The summed E-state index contributed by atoms with van der Waals surface area (Å²) in [6.45, 7) is 1.75. The van der Waals surface area contributed by atoms with Gasteiger partial charge in [-0.3, -0.25) is 9.79 Å². The molecule has 4 rings (SSSR count). The molecule has 4 aromatic rings. The zero-order valence-electron chi connectivity index (χ0n) is 15.0. The molecule has 2 aromatic carbocycles. The molecule has 5 nitrogen and oxygen atoms in total. The molecule has 0 aliphatic heterocycles. The zero-order valence-corrected chi connectivity index (χ0v) is 15.0. The topological polar surface area (TPSA) is 67.5 Å². The van der Waals surface area contributed by atoms with E-state index in [9.17, 15) is 14.3 Å². The molecular formula is C22H16FN3O2. The number of hydrogen-bond donors (Lipinski definition) is 1. The van der Waals surface area contributed by atoms with Crippen molar-refractivity contribution in [2.75, 3.05) is 0 Å². The van der Waals surface area contributed by atoms with Crippen molar-refractivity contribution in [2.45, 2.75) is 6.92 Å². The molecule has 2 aromatic heterocycles. The molecule has 0 aliphatic rings. The van der Waals surface area contributed by atoms with Crippen molar-refractivity contribution in [3.05, 3.63) is 94.2 Å². The second kappa shape index (κ2) is 7.08. The fourth-order valence-electron chi connectivity index (χ4n) is 3.09. The molecule has 0 radical (unpaired) electrons. The van der Waals surface area contributed by atoms with Crippen LogP contribution in [0, 0.1) is 12.7 Å². The second-order valence-electron chi connectivity index (χ2n) is 6.30. The van der Waals surface area contributed by atoms with E-state index in [2.05, 4.69) is 9.98 Å². The Morgan fingerprint density at radius 1 is 1.07 bits per heavy atom. The minimum Gasteiger partial charge on any atom is -0.494 e. The first kappa shape index (κ1) is 17.6. The highest BCUT2D eigenvalue weighted by atomic mass is 19.1. The number of aliphatic imine (C=N–C) groups is 1. The van der Waals surface area contributed by atoms with Crippen LogP contribution in [0.2, 0.25) is 0 Å². The van der Waals surface area contributed by atoms with Crippen molar-refractivity contribution in [2.24, 2.45) is 4.99 Å². The van der Waals surface area contributed by atoms with Gasteiger partial charge in [0, 0.05) is 23.2 Å². The van der Waals surface area contributed by atoms with Gasteiger partial charge < -0.3 is 5.11 Å². The second-order valence-corrected chi connectivity index (χ2v) is 6.30. The molecule has 0 saturated heterocycles. The third-order valence-electron chi connectivity index (χ3n) is 4.47. The van der Waals surface area contributed by atoms with Gasteiger partial charge in [-0.05, 0) is 48.9 Å². The number of aryl methyl sites for hydroxylation is 1. The van der Waals surface area contributed by atoms with Crippen LogP contribution in [0.1, 0.15) is 11.1 Å². The summed E-state index contributed by atoms with van der Waals surface area (Å²) >= 11 is 0. The van der Waals surface area contributed by atoms with E-state index in [1.165, 1.54) is 18.3 Å². The summed E-state index contributed by atoms with van der Waals surface area (Å²) in [5, 5.41) is 11.9. The van der Waals surface area contributed by atoms with Gasteiger partial charge in [0.15, 0.2) is 0 Å². The maximum Gasteiger partial charge on any atom is 0.267 e. The van der Waals surface area contributed by atoms with Gasteiger partial charge in [-0.15, -0.1) is 0 Å². The molecule has 2 heterocycles. The Balaban J connectivity index is 1.97. The molecule has 0 fully saturated rings. The minimum atomic E-state index is -0.373. The number of hydrogen-bond acceptors (Lipinski definition) is 4. The predicted octanol–water partition coefficient (Wildman–Crippen LogP) is 4.29. The first-order chi connectivity index (χ1) is 13.6. The van der Waals surface area contributed by atoms with E-state index in [-0.39, 0.29) is 17.3 Å². The molecule has 0 spiro atoms. The summed E-state index contributed by atoms with van der Waals surface area (Å²) in [5.74, 6) is -0.289. The average molecular weight is 373 g/mol. The van der Waals surface area contributed by atoms with Crippen LogP contribution in [0.15, 0.2) is 76.6 Å². The van der Waals surface area contributed by atoms with E-state index >= 15 is 0 Å². The smallest absolute Gasteiger partial charge is 0.267 e. The third kappa shape index (κ3) is 3.05. The van der Waals surface area contributed by atoms with Gasteiger partial charge in [0.2, 0.25) is 5.88 Å². The number of pyridine rings is 2. The quantitative estimate of drug-likeness (QED) is 0.545. The van der Waals surface area contributed by atoms with Gasteiger partial charge in [-0.2, -0.15) is 0 Å². The molecule has 0 atom stereocenters. The van der Waals surface area contributed by atoms with Crippen molar-refractivity contribution in [1.29, 1.82) is 0 Å². The summed E-state index contributed by atoms with van der Waals surface area (Å²) in [7, 11) is 0. The highest BCUT2D eigenvalue weighted by molar-refractivity contribution is 6.02. The highest BCUT2D eigenvalue weighted by Gasteiger charge is 2.16.